The van der Waals surface area contributed by atoms with Gasteiger partial charge >= 0.3 is 6.03 Å². The van der Waals surface area contributed by atoms with Gasteiger partial charge in [-0.2, -0.15) is 0 Å². The maximum absolute atomic E-state index is 11.2. The summed E-state index contributed by atoms with van der Waals surface area (Å²) < 4.78 is 0. The number of urea groups is 1. The second-order valence-corrected chi connectivity index (χ2v) is 6.57. The molecule has 1 saturated carbocycles. The minimum absolute atomic E-state index is 0.322. The molecule has 1 heterocycles. The van der Waals surface area contributed by atoms with E-state index in [0.717, 1.165) is 31.8 Å². The highest BCUT2D eigenvalue weighted by atomic mass is 16.2. The molecule has 0 bridgehead atoms. The molecule has 2 atom stereocenters. The maximum atomic E-state index is 11.2. The summed E-state index contributed by atoms with van der Waals surface area (Å²) in [6.45, 7) is 4.21. The van der Waals surface area contributed by atoms with Crippen molar-refractivity contribution >= 4 is 12.0 Å². The molecule has 24 heavy (non-hydrogen) atoms. The van der Waals surface area contributed by atoms with Crippen LogP contribution in [0.1, 0.15) is 37.7 Å². The number of amides is 2. The number of nitrogens with zero attached hydrogens (tertiary/aromatic N) is 2. The predicted molar refractivity (Wildman–Crippen MR) is 96.0 cm³/mol. The highest BCUT2D eigenvalue weighted by Crippen LogP contribution is 2.40. The number of likely N-dealkylation sites (tertiary alicyclic amines) is 1. The molecule has 6 heteroatoms. The van der Waals surface area contributed by atoms with Gasteiger partial charge in [0.1, 0.15) is 0 Å². The van der Waals surface area contributed by atoms with Gasteiger partial charge in [-0.05, 0) is 31.7 Å². The van der Waals surface area contributed by atoms with Gasteiger partial charge in [0.15, 0.2) is 5.96 Å². The van der Waals surface area contributed by atoms with E-state index in [1.54, 1.807) is 4.90 Å². The number of carbonyl (C=O) groups is 1. The molecule has 1 saturated heterocycles. The van der Waals surface area contributed by atoms with Gasteiger partial charge in [-0.1, -0.05) is 30.3 Å². The number of nitrogens with one attached hydrogen (secondary N) is 2. The lowest BCUT2D eigenvalue weighted by Gasteiger charge is -2.32. The molecule has 1 aliphatic heterocycles. The molecule has 1 aliphatic carbocycles. The van der Waals surface area contributed by atoms with E-state index in [1.165, 1.54) is 5.56 Å². The van der Waals surface area contributed by atoms with Crippen LogP contribution in [0.5, 0.6) is 0 Å². The molecule has 0 spiro atoms. The zero-order valence-electron chi connectivity index (χ0n) is 14.2. The highest BCUT2D eigenvalue weighted by Gasteiger charge is 2.39. The number of piperidine rings is 1. The largest absolute Gasteiger partial charge is 0.354 e. The van der Waals surface area contributed by atoms with Crippen molar-refractivity contribution in [3.05, 3.63) is 35.9 Å². The van der Waals surface area contributed by atoms with Crippen molar-refractivity contribution in [2.24, 2.45) is 10.7 Å². The third-order valence-electron chi connectivity index (χ3n) is 4.80. The average molecular weight is 329 g/mol. The van der Waals surface area contributed by atoms with Gasteiger partial charge in [-0.25, -0.2) is 4.79 Å². The van der Waals surface area contributed by atoms with Crippen LogP contribution < -0.4 is 16.4 Å². The van der Waals surface area contributed by atoms with Crippen LogP contribution in [0.3, 0.4) is 0 Å². The second-order valence-electron chi connectivity index (χ2n) is 6.57. The van der Waals surface area contributed by atoms with Crippen molar-refractivity contribution < 1.29 is 4.79 Å². The molecule has 2 amide bonds. The van der Waals surface area contributed by atoms with Crippen molar-refractivity contribution in [1.29, 1.82) is 0 Å². The Morgan fingerprint density at radius 2 is 1.96 bits per heavy atom. The summed E-state index contributed by atoms with van der Waals surface area (Å²) in [4.78, 5) is 17.5. The molecular formula is C18H27N5O. The molecule has 0 radical (unpaired) electrons. The Morgan fingerprint density at radius 3 is 2.58 bits per heavy atom. The van der Waals surface area contributed by atoms with E-state index in [0.29, 0.717) is 31.1 Å². The fourth-order valence-corrected chi connectivity index (χ4v) is 3.33. The van der Waals surface area contributed by atoms with Gasteiger partial charge in [-0.3, -0.25) is 4.99 Å². The van der Waals surface area contributed by atoms with Crippen molar-refractivity contribution in [2.75, 3.05) is 19.6 Å². The number of rotatable bonds is 4. The van der Waals surface area contributed by atoms with Gasteiger partial charge < -0.3 is 21.3 Å². The average Bonchev–Trinajstić information content (AvgIpc) is 3.35. The van der Waals surface area contributed by atoms with Crippen LogP contribution in [0.2, 0.25) is 0 Å². The lowest BCUT2D eigenvalue weighted by molar-refractivity contribution is 0.188. The number of nitrogens with two attached hydrogens (primary N) is 1. The number of benzene rings is 1. The second kappa shape index (κ2) is 7.55. The lowest BCUT2D eigenvalue weighted by Crippen LogP contribution is -2.51. The van der Waals surface area contributed by atoms with Gasteiger partial charge in [-0.15, -0.1) is 0 Å². The molecule has 2 fully saturated rings. The van der Waals surface area contributed by atoms with Crippen LogP contribution in [0.25, 0.3) is 0 Å². The Hall–Kier alpha value is -2.24. The van der Waals surface area contributed by atoms with Gasteiger partial charge in [0, 0.05) is 37.6 Å². The topological polar surface area (TPSA) is 82.8 Å². The van der Waals surface area contributed by atoms with E-state index in [2.05, 4.69) is 46.0 Å². The molecule has 130 valence electrons. The summed E-state index contributed by atoms with van der Waals surface area (Å²) in [5.74, 6) is 1.46. The number of guanidine groups is 1. The zero-order chi connectivity index (χ0) is 16.9. The Balaban J connectivity index is 1.50. The standard InChI is InChI=1S/C18H27N5O/c1-2-20-18(21-14-8-10-23(11-9-14)17(19)24)22-16-12-15(16)13-6-4-3-5-7-13/h3-7,14-16H,2,8-12H2,1H3,(H2,19,24)(H2,20,21,22). The van der Waals surface area contributed by atoms with Gasteiger partial charge in [0.2, 0.25) is 0 Å². The Morgan fingerprint density at radius 1 is 1.25 bits per heavy atom. The molecule has 1 aromatic carbocycles. The van der Waals surface area contributed by atoms with Crippen LogP contribution >= 0.6 is 0 Å². The minimum Gasteiger partial charge on any atom is -0.354 e. The van der Waals surface area contributed by atoms with Crippen LogP contribution in [-0.2, 0) is 0 Å². The summed E-state index contributed by atoms with van der Waals surface area (Å²) in [6.07, 6.45) is 2.95. The van der Waals surface area contributed by atoms with E-state index in [1.807, 2.05) is 6.92 Å². The van der Waals surface area contributed by atoms with E-state index < -0.39 is 0 Å². The van der Waals surface area contributed by atoms with E-state index >= 15 is 0 Å². The lowest BCUT2D eigenvalue weighted by atomic mass is 10.1. The number of carbonyl (C=O) groups excluding carboxylic acids is 1. The number of hydrogen-bond donors (Lipinski definition) is 3. The quantitative estimate of drug-likeness (QED) is 0.580. The first kappa shape index (κ1) is 16.6. The van der Waals surface area contributed by atoms with Crippen molar-refractivity contribution in [3.63, 3.8) is 0 Å². The van der Waals surface area contributed by atoms with E-state index in [4.69, 9.17) is 5.73 Å². The fourth-order valence-electron chi connectivity index (χ4n) is 3.33. The summed E-state index contributed by atoms with van der Waals surface area (Å²) in [6, 6.07) is 11.1. The Bertz CT molecular complexity index is 580. The minimum atomic E-state index is -0.322. The van der Waals surface area contributed by atoms with Crippen LogP contribution in [0.15, 0.2) is 35.3 Å². The zero-order valence-corrected chi connectivity index (χ0v) is 14.2. The van der Waals surface area contributed by atoms with Crippen LogP contribution in [-0.4, -0.2) is 48.6 Å². The summed E-state index contributed by atoms with van der Waals surface area (Å²) in [5, 5.41) is 7.08. The van der Waals surface area contributed by atoms with Crippen molar-refractivity contribution in [2.45, 2.75) is 44.2 Å². The maximum Gasteiger partial charge on any atom is 0.314 e. The molecule has 1 aromatic rings. The van der Waals surface area contributed by atoms with Crippen molar-refractivity contribution in [3.8, 4) is 0 Å². The number of aliphatic imine (C=N–C) groups is 1. The molecule has 4 N–H and O–H groups in total. The van der Waals surface area contributed by atoms with Crippen LogP contribution in [0.4, 0.5) is 4.79 Å². The smallest absolute Gasteiger partial charge is 0.314 e. The molecular weight excluding hydrogens is 302 g/mol. The first-order valence-corrected chi connectivity index (χ1v) is 8.84. The molecule has 2 aliphatic rings. The summed E-state index contributed by atoms with van der Waals surface area (Å²) in [7, 11) is 0. The molecule has 3 rings (SSSR count). The normalized spacial score (nSPS) is 24.5. The molecule has 6 nitrogen and oxygen atoms in total. The number of hydrogen-bond acceptors (Lipinski definition) is 2. The van der Waals surface area contributed by atoms with Crippen molar-refractivity contribution in [1.82, 2.24) is 15.5 Å². The Kier molecular flexibility index (Phi) is 5.23. The first-order valence-electron chi connectivity index (χ1n) is 8.84. The molecule has 2 unspecified atom stereocenters. The van der Waals surface area contributed by atoms with E-state index in [9.17, 15) is 4.79 Å². The van der Waals surface area contributed by atoms with E-state index in [-0.39, 0.29) is 6.03 Å². The first-order chi connectivity index (χ1) is 11.7. The Labute approximate surface area is 143 Å². The summed E-state index contributed by atoms with van der Waals surface area (Å²) in [5.41, 5.74) is 6.73. The SMILES string of the molecule is CCN=C(NC1CCN(C(N)=O)CC1)NC1CC1c1ccccc1. The third kappa shape index (κ3) is 4.19. The molecule has 0 aromatic heterocycles. The summed E-state index contributed by atoms with van der Waals surface area (Å²) >= 11 is 0. The monoisotopic (exact) mass is 329 g/mol. The fraction of sp³-hybridized carbons (Fsp3) is 0.556. The van der Waals surface area contributed by atoms with Crippen LogP contribution in [0, 0.1) is 0 Å². The van der Waals surface area contributed by atoms with Gasteiger partial charge in [0.05, 0.1) is 0 Å². The predicted octanol–water partition coefficient (Wildman–Crippen LogP) is 1.64. The number of primary amides is 1. The third-order valence-corrected chi connectivity index (χ3v) is 4.80. The van der Waals surface area contributed by atoms with Gasteiger partial charge in [0.25, 0.3) is 0 Å². The highest BCUT2D eigenvalue weighted by molar-refractivity contribution is 5.81.